The van der Waals surface area contributed by atoms with Crippen LogP contribution >= 0.6 is 11.6 Å². The second kappa shape index (κ2) is 6.21. The number of fused-ring (bicyclic) bond motifs is 1. The molecule has 0 saturated heterocycles. The molecular weight excluding hydrogens is 314 g/mol. The highest BCUT2D eigenvalue weighted by molar-refractivity contribution is 6.35. The molecule has 0 bridgehead atoms. The molecule has 0 radical (unpaired) electrons. The number of nitrogens with two attached hydrogens (primary N) is 1. The zero-order chi connectivity index (χ0) is 16.4. The van der Waals surface area contributed by atoms with Crippen molar-refractivity contribution in [1.29, 1.82) is 0 Å². The summed E-state index contributed by atoms with van der Waals surface area (Å²) in [6.07, 6.45) is 1.37. The van der Waals surface area contributed by atoms with Gasteiger partial charge in [0, 0.05) is 18.0 Å². The number of halogens is 1. The molecule has 0 unspecified atom stereocenters. The number of nitrogen functional groups attached to an aromatic ring is 1. The lowest BCUT2D eigenvalue weighted by Gasteiger charge is -2.18. The van der Waals surface area contributed by atoms with E-state index in [1.165, 1.54) is 6.33 Å². The number of hydrogen-bond acceptors (Lipinski definition) is 7. The first kappa shape index (κ1) is 15.2. The molecule has 0 saturated carbocycles. The van der Waals surface area contributed by atoms with E-state index in [0.717, 1.165) is 22.3 Å². The number of pyridine rings is 1. The maximum atomic E-state index is 6.22. The van der Waals surface area contributed by atoms with E-state index in [0.29, 0.717) is 11.0 Å². The molecule has 0 fully saturated rings. The zero-order valence-electron chi connectivity index (χ0n) is 12.7. The summed E-state index contributed by atoms with van der Waals surface area (Å²) < 4.78 is 0. The topological polar surface area (TPSA) is 102 Å². The van der Waals surface area contributed by atoms with Crippen LogP contribution in [0.4, 0.5) is 17.7 Å². The lowest BCUT2D eigenvalue weighted by atomic mass is 10.1. The van der Waals surface area contributed by atoms with Crippen molar-refractivity contribution in [3.05, 3.63) is 41.2 Å². The van der Waals surface area contributed by atoms with Crippen molar-refractivity contribution >= 4 is 40.2 Å². The number of rotatable bonds is 4. The highest BCUT2D eigenvalue weighted by Gasteiger charge is 2.15. The lowest BCUT2D eigenvalue weighted by molar-refractivity contribution is 0.853. The summed E-state index contributed by atoms with van der Waals surface area (Å²) in [5, 5.41) is 7.89. The van der Waals surface area contributed by atoms with Crippen LogP contribution in [-0.4, -0.2) is 27.0 Å². The molecule has 118 valence electrons. The van der Waals surface area contributed by atoms with E-state index < -0.39 is 0 Å². The van der Waals surface area contributed by atoms with Crippen molar-refractivity contribution in [1.82, 2.24) is 19.9 Å². The van der Waals surface area contributed by atoms with Crippen molar-refractivity contribution in [3.63, 3.8) is 0 Å². The predicted molar refractivity (Wildman–Crippen MR) is 92.6 cm³/mol. The second-order valence-electron chi connectivity index (χ2n) is 5.02. The van der Waals surface area contributed by atoms with Gasteiger partial charge in [0.05, 0.1) is 16.6 Å². The fourth-order valence-corrected chi connectivity index (χ4v) is 2.58. The summed E-state index contributed by atoms with van der Waals surface area (Å²) in [6, 6.07) is 7.66. The van der Waals surface area contributed by atoms with Gasteiger partial charge in [0.1, 0.15) is 12.1 Å². The number of aromatic nitrogens is 4. The molecule has 0 amide bonds. The molecule has 0 spiro atoms. The number of para-hydroxylation sites is 1. The standard InChI is InChI=1S/C15H16ClN7/c1-8(21-15-20-7-19-14(17)23-15)10-6-9-4-3-5-11(16)12(9)22-13(10)18-2/h3-8H,1-2H3,(H,18,22)(H3,17,19,20,21,23)/t8-/m0/s1. The smallest absolute Gasteiger partial charge is 0.227 e. The van der Waals surface area contributed by atoms with Gasteiger partial charge in [0.25, 0.3) is 0 Å². The molecule has 0 aliphatic heterocycles. The quantitative estimate of drug-likeness (QED) is 0.676. The molecule has 2 aromatic heterocycles. The van der Waals surface area contributed by atoms with Crippen molar-refractivity contribution < 1.29 is 0 Å². The second-order valence-corrected chi connectivity index (χ2v) is 5.43. The van der Waals surface area contributed by atoms with Crippen LogP contribution in [0.15, 0.2) is 30.6 Å². The monoisotopic (exact) mass is 329 g/mol. The van der Waals surface area contributed by atoms with Crippen LogP contribution in [0, 0.1) is 0 Å². The number of anilines is 3. The van der Waals surface area contributed by atoms with Gasteiger partial charge in [-0.15, -0.1) is 0 Å². The van der Waals surface area contributed by atoms with E-state index in [1.807, 2.05) is 38.2 Å². The lowest BCUT2D eigenvalue weighted by Crippen LogP contribution is -2.13. The predicted octanol–water partition coefficient (Wildman–Crippen LogP) is 2.87. The molecule has 1 aromatic carbocycles. The van der Waals surface area contributed by atoms with Crippen LogP contribution in [0.5, 0.6) is 0 Å². The third kappa shape index (κ3) is 3.09. The SMILES string of the molecule is CNc1nc2c(Cl)cccc2cc1[C@H](C)Nc1ncnc(N)n1. The van der Waals surface area contributed by atoms with Crippen LogP contribution in [0.3, 0.4) is 0 Å². The first-order valence-electron chi connectivity index (χ1n) is 7.06. The maximum Gasteiger partial charge on any atom is 0.227 e. The van der Waals surface area contributed by atoms with E-state index in [2.05, 4.69) is 30.6 Å². The average molecular weight is 330 g/mol. The Balaban J connectivity index is 2.00. The third-order valence-corrected chi connectivity index (χ3v) is 3.77. The summed E-state index contributed by atoms with van der Waals surface area (Å²) in [4.78, 5) is 16.5. The Bertz CT molecular complexity index is 852. The fourth-order valence-electron chi connectivity index (χ4n) is 2.36. The first-order valence-corrected chi connectivity index (χ1v) is 7.44. The summed E-state index contributed by atoms with van der Waals surface area (Å²) in [7, 11) is 1.82. The number of benzene rings is 1. The summed E-state index contributed by atoms with van der Waals surface area (Å²) >= 11 is 6.22. The van der Waals surface area contributed by atoms with Crippen molar-refractivity contribution in [3.8, 4) is 0 Å². The van der Waals surface area contributed by atoms with E-state index in [-0.39, 0.29) is 12.0 Å². The number of hydrogen-bond donors (Lipinski definition) is 3. The van der Waals surface area contributed by atoms with Gasteiger partial charge < -0.3 is 16.4 Å². The van der Waals surface area contributed by atoms with Crippen LogP contribution in [0.1, 0.15) is 18.5 Å². The van der Waals surface area contributed by atoms with Gasteiger partial charge in [-0.2, -0.15) is 4.98 Å². The molecular formula is C15H16ClN7. The molecule has 3 aromatic rings. The third-order valence-electron chi connectivity index (χ3n) is 3.47. The van der Waals surface area contributed by atoms with Crippen molar-refractivity contribution in [2.75, 3.05) is 23.4 Å². The van der Waals surface area contributed by atoms with E-state index in [9.17, 15) is 0 Å². The van der Waals surface area contributed by atoms with Crippen LogP contribution in [0.25, 0.3) is 10.9 Å². The Morgan fingerprint density at radius 2 is 2.04 bits per heavy atom. The molecule has 1 atom stereocenters. The largest absolute Gasteiger partial charge is 0.373 e. The molecule has 7 nitrogen and oxygen atoms in total. The van der Waals surface area contributed by atoms with E-state index in [1.54, 1.807) is 0 Å². The van der Waals surface area contributed by atoms with Gasteiger partial charge in [0.15, 0.2) is 0 Å². The molecule has 3 rings (SSSR count). The highest BCUT2D eigenvalue weighted by atomic mass is 35.5. The maximum absolute atomic E-state index is 6.22. The van der Waals surface area contributed by atoms with Crippen molar-refractivity contribution in [2.45, 2.75) is 13.0 Å². The molecule has 2 heterocycles. The van der Waals surface area contributed by atoms with Gasteiger partial charge in [-0.25, -0.2) is 15.0 Å². The Morgan fingerprint density at radius 3 is 2.78 bits per heavy atom. The Labute approximate surface area is 138 Å². The molecule has 0 aliphatic carbocycles. The van der Waals surface area contributed by atoms with E-state index >= 15 is 0 Å². The number of nitrogens with one attached hydrogen (secondary N) is 2. The number of nitrogens with zero attached hydrogens (tertiary/aromatic N) is 4. The minimum atomic E-state index is -0.0878. The van der Waals surface area contributed by atoms with E-state index in [4.69, 9.17) is 17.3 Å². The van der Waals surface area contributed by atoms with Crippen molar-refractivity contribution in [2.24, 2.45) is 0 Å². The highest BCUT2D eigenvalue weighted by Crippen LogP contribution is 2.30. The Morgan fingerprint density at radius 1 is 1.22 bits per heavy atom. The minimum Gasteiger partial charge on any atom is -0.373 e. The van der Waals surface area contributed by atoms with Gasteiger partial charge >= 0.3 is 0 Å². The Hall–Kier alpha value is -2.67. The van der Waals surface area contributed by atoms with Gasteiger partial charge in [-0.1, -0.05) is 23.7 Å². The summed E-state index contributed by atoms with van der Waals surface area (Å²) in [6.45, 7) is 1.99. The normalized spacial score (nSPS) is 12.1. The summed E-state index contributed by atoms with van der Waals surface area (Å²) in [5.74, 6) is 1.33. The Kier molecular flexibility index (Phi) is 4.12. The van der Waals surface area contributed by atoms with Crippen LogP contribution in [0.2, 0.25) is 5.02 Å². The molecule has 23 heavy (non-hydrogen) atoms. The molecule has 4 N–H and O–H groups in total. The van der Waals surface area contributed by atoms with Gasteiger partial charge in [-0.05, 0) is 19.1 Å². The van der Waals surface area contributed by atoms with Crippen LogP contribution in [-0.2, 0) is 0 Å². The van der Waals surface area contributed by atoms with Gasteiger partial charge in [-0.3, -0.25) is 0 Å². The van der Waals surface area contributed by atoms with Crippen LogP contribution < -0.4 is 16.4 Å². The fraction of sp³-hybridized carbons (Fsp3) is 0.200. The average Bonchev–Trinajstić information content (AvgIpc) is 2.54. The molecule has 8 heteroatoms. The summed E-state index contributed by atoms with van der Waals surface area (Å²) in [5.41, 5.74) is 7.31. The first-order chi connectivity index (χ1) is 11.1. The zero-order valence-corrected chi connectivity index (χ0v) is 13.5. The molecule has 0 aliphatic rings. The van der Waals surface area contributed by atoms with Gasteiger partial charge in [0.2, 0.25) is 11.9 Å². The minimum absolute atomic E-state index is 0.0878.